The van der Waals surface area contributed by atoms with Crippen molar-refractivity contribution in [3.05, 3.63) is 16.3 Å². The lowest BCUT2D eigenvalue weighted by molar-refractivity contribution is 0.0781. The van der Waals surface area contributed by atoms with Crippen LogP contribution in [0.3, 0.4) is 0 Å². The molecule has 144 valence electrons. The molecule has 9 heteroatoms. The lowest BCUT2D eigenvalue weighted by atomic mass is 10.2. The van der Waals surface area contributed by atoms with Crippen molar-refractivity contribution in [2.24, 2.45) is 0 Å². The van der Waals surface area contributed by atoms with E-state index in [1.54, 1.807) is 23.2 Å². The topological polar surface area (TPSA) is 60.9 Å². The van der Waals surface area contributed by atoms with Crippen LogP contribution in [0, 0.1) is 0 Å². The van der Waals surface area contributed by atoms with Crippen molar-refractivity contribution in [1.82, 2.24) is 14.1 Å². The number of carbonyl (C=O) groups is 1. The van der Waals surface area contributed by atoms with E-state index in [0.717, 1.165) is 44.1 Å². The molecule has 3 fully saturated rings. The van der Waals surface area contributed by atoms with Crippen LogP contribution in [-0.2, 0) is 10.0 Å². The van der Waals surface area contributed by atoms with Crippen LogP contribution >= 0.6 is 23.1 Å². The fourth-order valence-electron chi connectivity index (χ4n) is 4.06. The molecule has 0 aromatic carbocycles. The van der Waals surface area contributed by atoms with Crippen molar-refractivity contribution in [1.29, 1.82) is 0 Å². The zero-order chi connectivity index (χ0) is 18.1. The van der Waals surface area contributed by atoms with E-state index in [0.29, 0.717) is 24.0 Å². The van der Waals surface area contributed by atoms with Crippen molar-refractivity contribution in [2.75, 3.05) is 50.8 Å². The lowest BCUT2D eigenvalue weighted by Gasteiger charge is -2.26. The minimum absolute atomic E-state index is 0.119. The fourth-order valence-corrected chi connectivity index (χ4v) is 8.00. The van der Waals surface area contributed by atoms with Gasteiger partial charge in [-0.15, -0.1) is 11.3 Å². The molecule has 1 atom stereocenters. The molecule has 1 aromatic heterocycles. The summed E-state index contributed by atoms with van der Waals surface area (Å²) >= 11 is 3.02. The maximum atomic E-state index is 13.0. The molecule has 0 bridgehead atoms. The number of thiophene rings is 1. The Morgan fingerprint density at radius 1 is 1.08 bits per heavy atom. The molecule has 0 spiro atoms. The number of hydrogen-bond donors (Lipinski definition) is 0. The summed E-state index contributed by atoms with van der Waals surface area (Å²) in [4.78, 5) is 18.0. The monoisotopic (exact) mass is 415 g/mol. The standard InChI is InChI=1S/C17H25N3O3S3/c21-17(19-7-3-14(13-19)18-5-1-2-6-18)16-15(4-10-25-16)26(22,23)20-8-11-24-12-9-20/h4,10,14H,1-3,5-9,11-13H2. The maximum Gasteiger partial charge on any atom is 0.265 e. The minimum Gasteiger partial charge on any atom is -0.336 e. The van der Waals surface area contributed by atoms with E-state index in [1.165, 1.54) is 28.5 Å². The Labute approximate surface area is 163 Å². The Balaban J connectivity index is 1.50. The molecule has 0 aliphatic carbocycles. The third kappa shape index (κ3) is 3.56. The second kappa shape index (κ2) is 7.79. The highest BCUT2D eigenvalue weighted by atomic mass is 32.2. The van der Waals surface area contributed by atoms with E-state index in [9.17, 15) is 13.2 Å². The summed E-state index contributed by atoms with van der Waals surface area (Å²) in [6.07, 6.45) is 3.47. The Bertz CT molecular complexity index is 752. The maximum absolute atomic E-state index is 13.0. The molecular weight excluding hydrogens is 390 g/mol. The average Bonchev–Trinajstić information content (AvgIpc) is 3.42. The van der Waals surface area contributed by atoms with Gasteiger partial charge in [0.1, 0.15) is 9.77 Å². The van der Waals surface area contributed by atoms with Crippen LogP contribution in [0.2, 0.25) is 0 Å². The number of rotatable bonds is 4. The Kier molecular flexibility index (Phi) is 5.61. The molecular formula is C17H25N3O3S3. The van der Waals surface area contributed by atoms with Crippen LogP contribution in [0.5, 0.6) is 0 Å². The Morgan fingerprint density at radius 3 is 2.54 bits per heavy atom. The molecule has 4 heterocycles. The van der Waals surface area contributed by atoms with E-state index < -0.39 is 10.0 Å². The van der Waals surface area contributed by atoms with Gasteiger partial charge in [0.15, 0.2) is 0 Å². The summed E-state index contributed by atoms with van der Waals surface area (Å²) in [6.45, 7) is 4.74. The van der Waals surface area contributed by atoms with Crippen LogP contribution in [0.1, 0.15) is 28.9 Å². The first kappa shape index (κ1) is 18.7. The summed E-state index contributed by atoms with van der Waals surface area (Å²) in [7, 11) is -3.58. The first-order valence-corrected chi connectivity index (χ1v) is 12.7. The Morgan fingerprint density at radius 2 is 1.81 bits per heavy atom. The minimum atomic E-state index is -3.58. The molecule has 0 N–H and O–H groups in total. The molecule has 4 rings (SSSR count). The van der Waals surface area contributed by atoms with Crippen LogP contribution in [0.4, 0.5) is 0 Å². The zero-order valence-electron chi connectivity index (χ0n) is 14.8. The fraction of sp³-hybridized carbons (Fsp3) is 0.706. The van der Waals surface area contributed by atoms with Crippen LogP contribution in [0.15, 0.2) is 16.3 Å². The SMILES string of the molecule is O=C(c1sccc1S(=O)(=O)N1CCSCC1)N1CCC(N2CCCC2)C1. The van der Waals surface area contributed by atoms with Crippen LogP contribution < -0.4 is 0 Å². The normalized spacial score (nSPS) is 25.8. The molecule has 0 radical (unpaired) electrons. The highest BCUT2D eigenvalue weighted by molar-refractivity contribution is 7.99. The molecule has 3 aliphatic rings. The first-order valence-electron chi connectivity index (χ1n) is 9.26. The molecule has 3 saturated heterocycles. The predicted molar refractivity (Wildman–Crippen MR) is 106 cm³/mol. The van der Waals surface area contributed by atoms with Crippen molar-refractivity contribution < 1.29 is 13.2 Å². The van der Waals surface area contributed by atoms with Gasteiger partial charge in [-0.1, -0.05) is 0 Å². The predicted octanol–water partition coefficient (Wildman–Crippen LogP) is 1.80. The van der Waals surface area contributed by atoms with E-state index in [2.05, 4.69) is 4.90 Å². The number of likely N-dealkylation sites (tertiary alicyclic amines) is 2. The van der Waals surface area contributed by atoms with Crippen molar-refractivity contribution in [3.8, 4) is 0 Å². The molecule has 6 nitrogen and oxygen atoms in total. The lowest BCUT2D eigenvalue weighted by Crippen LogP contribution is -2.39. The van der Waals surface area contributed by atoms with Gasteiger partial charge in [-0.25, -0.2) is 8.42 Å². The largest absolute Gasteiger partial charge is 0.336 e. The van der Waals surface area contributed by atoms with E-state index in [-0.39, 0.29) is 10.8 Å². The van der Waals surface area contributed by atoms with E-state index >= 15 is 0 Å². The molecule has 1 aromatic rings. The smallest absolute Gasteiger partial charge is 0.265 e. The van der Waals surface area contributed by atoms with Crippen LogP contribution in [0.25, 0.3) is 0 Å². The Hall–Kier alpha value is -0.610. The van der Waals surface area contributed by atoms with Gasteiger partial charge in [0.25, 0.3) is 5.91 Å². The molecule has 26 heavy (non-hydrogen) atoms. The molecule has 1 unspecified atom stereocenters. The number of sulfonamides is 1. The van der Waals surface area contributed by atoms with Crippen molar-refractivity contribution >= 4 is 39.0 Å². The summed E-state index contributed by atoms with van der Waals surface area (Å²) in [6, 6.07) is 2.03. The van der Waals surface area contributed by atoms with Crippen molar-refractivity contribution in [2.45, 2.75) is 30.2 Å². The third-order valence-electron chi connectivity index (χ3n) is 5.52. The van der Waals surface area contributed by atoms with Gasteiger partial charge in [-0.2, -0.15) is 16.1 Å². The first-order chi connectivity index (χ1) is 12.6. The number of hydrogen-bond acceptors (Lipinski definition) is 6. The number of carbonyl (C=O) groups excluding carboxylic acids is 1. The highest BCUT2D eigenvalue weighted by Crippen LogP contribution is 2.30. The van der Waals surface area contributed by atoms with Gasteiger partial charge in [0.2, 0.25) is 10.0 Å². The quantitative estimate of drug-likeness (QED) is 0.750. The zero-order valence-corrected chi connectivity index (χ0v) is 17.3. The van der Waals surface area contributed by atoms with E-state index in [4.69, 9.17) is 0 Å². The van der Waals surface area contributed by atoms with Gasteiger partial charge in [0.05, 0.1) is 0 Å². The van der Waals surface area contributed by atoms with Gasteiger partial charge in [0, 0.05) is 43.7 Å². The highest BCUT2D eigenvalue weighted by Gasteiger charge is 2.36. The molecule has 1 amide bonds. The van der Waals surface area contributed by atoms with Gasteiger partial charge in [-0.05, 0) is 43.8 Å². The van der Waals surface area contributed by atoms with Crippen LogP contribution in [-0.4, -0.2) is 85.2 Å². The summed E-state index contributed by atoms with van der Waals surface area (Å²) < 4.78 is 27.5. The van der Waals surface area contributed by atoms with Gasteiger partial charge < -0.3 is 4.90 Å². The summed E-state index contributed by atoms with van der Waals surface area (Å²) in [5.74, 6) is 1.51. The average molecular weight is 416 g/mol. The van der Waals surface area contributed by atoms with Gasteiger partial charge in [-0.3, -0.25) is 9.69 Å². The molecule has 0 saturated carbocycles. The van der Waals surface area contributed by atoms with Gasteiger partial charge >= 0.3 is 0 Å². The second-order valence-electron chi connectivity index (χ2n) is 7.07. The number of nitrogens with zero attached hydrogens (tertiary/aromatic N) is 3. The van der Waals surface area contributed by atoms with Crippen molar-refractivity contribution in [3.63, 3.8) is 0 Å². The third-order valence-corrected chi connectivity index (χ3v) is 9.43. The van der Waals surface area contributed by atoms with E-state index in [1.807, 2.05) is 4.90 Å². The number of thioether (sulfide) groups is 1. The second-order valence-corrected chi connectivity index (χ2v) is 11.1. The number of amides is 1. The summed E-state index contributed by atoms with van der Waals surface area (Å²) in [5.41, 5.74) is 0. The molecule has 3 aliphatic heterocycles. The summed E-state index contributed by atoms with van der Waals surface area (Å²) in [5, 5.41) is 1.73.